The molecule has 128 valence electrons. The highest BCUT2D eigenvalue weighted by atomic mass is 35.5. The van der Waals surface area contributed by atoms with E-state index < -0.39 is 0 Å². The topological polar surface area (TPSA) is 60.5 Å². The van der Waals surface area contributed by atoms with Gasteiger partial charge >= 0.3 is 0 Å². The molecule has 3 aromatic rings. The van der Waals surface area contributed by atoms with Crippen molar-refractivity contribution in [2.24, 2.45) is 0 Å². The van der Waals surface area contributed by atoms with Gasteiger partial charge in [-0.25, -0.2) is 4.98 Å². The molecule has 1 aromatic heterocycles. The molecule has 3 rings (SSSR count). The lowest BCUT2D eigenvalue weighted by Crippen LogP contribution is -2.16. The van der Waals surface area contributed by atoms with Gasteiger partial charge < -0.3 is 14.8 Å². The average Bonchev–Trinajstić information content (AvgIpc) is 2.61. The summed E-state index contributed by atoms with van der Waals surface area (Å²) in [5.74, 6) is 0.462. The Balaban J connectivity index is 2.02. The highest BCUT2D eigenvalue weighted by Gasteiger charge is 2.10. The maximum absolute atomic E-state index is 11.7. The number of nitrogens with one attached hydrogen (secondary N) is 1. The second kappa shape index (κ2) is 7.51. The Morgan fingerprint density at radius 2 is 1.88 bits per heavy atom. The number of nitrogens with zero attached hydrogens (tertiary/aromatic N) is 1. The van der Waals surface area contributed by atoms with E-state index in [1.165, 1.54) is 7.11 Å². The van der Waals surface area contributed by atoms with Gasteiger partial charge in [-0.05, 0) is 30.3 Å². The smallest absolute Gasteiger partial charge is 0.250 e. The maximum atomic E-state index is 11.7. The first-order valence-electron chi connectivity index (χ1n) is 7.64. The molecule has 0 atom stereocenters. The van der Waals surface area contributed by atoms with Crippen LogP contribution in [0.4, 0.5) is 5.69 Å². The van der Waals surface area contributed by atoms with Crippen molar-refractivity contribution in [1.82, 2.24) is 4.98 Å². The zero-order valence-corrected chi connectivity index (χ0v) is 14.6. The van der Waals surface area contributed by atoms with Crippen molar-refractivity contribution >= 4 is 34.1 Å². The van der Waals surface area contributed by atoms with E-state index in [0.29, 0.717) is 16.5 Å². The number of halogens is 1. The molecule has 0 fully saturated rings. The van der Waals surface area contributed by atoms with Gasteiger partial charge in [-0.3, -0.25) is 4.79 Å². The summed E-state index contributed by atoms with van der Waals surface area (Å²) in [6.07, 6.45) is 0. The van der Waals surface area contributed by atoms with E-state index in [1.807, 2.05) is 42.5 Å². The predicted molar refractivity (Wildman–Crippen MR) is 99.2 cm³/mol. The Hall–Kier alpha value is -2.63. The zero-order chi connectivity index (χ0) is 17.8. The minimum atomic E-state index is -0.216. The highest BCUT2D eigenvalue weighted by Crippen LogP contribution is 2.32. The second-order valence-corrected chi connectivity index (χ2v) is 5.87. The van der Waals surface area contributed by atoms with Crippen LogP contribution >= 0.6 is 11.6 Å². The zero-order valence-electron chi connectivity index (χ0n) is 13.9. The first-order valence-corrected chi connectivity index (χ1v) is 8.02. The normalized spacial score (nSPS) is 10.7. The molecule has 0 saturated heterocycles. The van der Waals surface area contributed by atoms with Gasteiger partial charge in [0.2, 0.25) is 5.91 Å². The molecule has 1 N–H and O–H groups in total. The Bertz CT molecular complexity index is 910. The van der Waals surface area contributed by atoms with E-state index in [2.05, 4.69) is 10.3 Å². The lowest BCUT2D eigenvalue weighted by molar-refractivity contribution is -0.119. The van der Waals surface area contributed by atoms with Crippen LogP contribution < -0.4 is 10.1 Å². The number of rotatable bonds is 5. The molecule has 0 aliphatic carbocycles. The standard InChI is InChI=1S/C19H17ClN2O3/c1-24-11-19(23)21-14-7-8-16-15(9-14)18(25-2)10-17(22-16)12-3-5-13(20)6-4-12/h3-10H,11H2,1-2H3,(H,21,23). The number of hydrogen-bond acceptors (Lipinski definition) is 4. The molecule has 0 saturated carbocycles. The minimum absolute atomic E-state index is 0.00290. The number of fused-ring (bicyclic) bond motifs is 1. The van der Waals surface area contributed by atoms with E-state index in [0.717, 1.165) is 22.2 Å². The minimum Gasteiger partial charge on any atom is -0.496 e. The second-order valence-electron chi connectivity index (χ2n) is 5.43. The van der Waals surface area contributed by atoms with Gasteiger partial charge in [0.25, 0.3) is 0 Å². The van der Waals surface area contributed by atoms with E-state index in [4.69, 9.17) is 21.1 Å². The van der Waals surface area contributed by atoms with Gasteiger partial charge in [0.1, 0.15) is 12.4 Å². The summed E-state index contributed by atoms with van der Waals surface area (Å²) >= 11 is 5.95. The van der Waals surface area contributed by atoms with Crippen LogP contribution in [-0.2, 0) is 9.53 Å². The molecule has 0 bridgehead atoms. The highest BCUT2D eigenvalue weighted by molar-refractivity contribution is 6.30. The fourth-order valence-corrected chi connectivity index (χ4v) is 2.66. The molecule has 0 radical (unpaired) electrons. The molecule has 1 heterocycles. The number of amides is 1. The number of ether oxygens (including phenoxy) is 2. The fraction of sp³-hybridized carbons (Fsp3) is 0.158. The SMILES string of the molecule is COCC(=O)Nc1ccc2nc(-c3ccc(Cl)cc3)cc(OC)c2c1. The van der Waals surface area contributed by atoms with Crippen molar-refractivity contribution in [2.75, 3.05) is 26.1 Å². The number of aromatic nitrogens is 1. The van der Waals surface area contributed by atoms with Gasteiger partial charge in [-0.1, -0.05) is 23.7 Å². The lowest BCUT2D eigenvalue weighted by atomic mass is 10.1. The van der Waals surface area contributed by atoms with Crippen LogP contribution in [-0.4, -0.2) is 31.7 Å². The van der Waals surface area contributed by atoms with Gasteiger partial charge in [-0.2, -0.15) is 0 Å². The summed E-state index contributed by atoms with van der Waals surface area (Å²) in [5.41, 5.74) is 3.17. The lowest BCUT2D eigenvalue weighted by Gasteiger charge is -2.11. The number of hydrogen-bond donors (Lipinski definition) is 1. The Morgan fingerprint density at radius 3 is 2.56 bits per heavy atom. The summed E-state index contributed by atoms with van der Waals surface area (Å²) in [6, 6.07) is 14.8. The van der Waals surface area contributed by atoms with E-state index >= 15 is 0 Å². The van der Waals surface area contributed by atoms with Gasteiger partial charge in [0.15, 0.2) is 0 Å². The number of anilines is 1. The number of benzene rings is 2. The van der Waals surface area contributed by atoms with Gasteiger partial charge in [0.05, 0.1) is 18.3 Å². The van der Waals surface area contributed by atoms with E-state index in [1.54, 1.807) is 13.2 Å². The molecule has 0 aliphatic rings. The van der Waals surface area contributed by atoms with Crippen LogP contribution in [0.25, 0.3) is 22.2 Å². The average molecular weight is 357 g/mol. The van der Waals surface area contributed by atoms with Crippen LogP contribution in [0.2, 0.25) is 5.02 Å². The maximum Gasteiger partial charge on any atom is 0.250 e. The molecule has 0 unspecified atom stereocenters. The molecule has 2 aromatic carbocycles. The largest absolute Gasteiger partial charge is 0.496 e. The molecule has 6 heteroatoms. The number of carbonyl (C=O) groups is 1. The molecule has 0 aliphatic heterocycles. The third-order valence-corrected chi connectivity index (χ3v) is 3.94. The van der Waals surface area contributed by atoms with E-state index in [9.17, 15) is 4.79 Å². The van der Waals surface area contributed by atoms with Crippen LogP contribution in [0.5, 0.6) is 5.75 Å². The predicted octanol–water partition coefficient (Wildman–Crippen LogP) is 4.15. The van der Waals surface area contributed by atoms with Gasteiger partial charge in [0, 0.05) is 34.8 Å². The third-order valence-electron chi connectivity index (χ3n) is 3.69. The molecule has 0 spiro atoms. The van der Waals surface area contributed by atoms with Crippen molar-refractivity contribution in [2.45, 2.75) is 0 Å². The first-order chi connectivity index (χ1) is 12.1. The first kappa shape index (κ1) is 17.2. The third kappa shape index (κ3) is 3.90. The Labute approximate surface area is 150 Å². The van der Waals surface area contributed by atoms with Crippen molar-refractivity contribution in [1.29, 1.82) is 0 Å². The van der Waals surface area contributed by atoms with Crippen LogP contribution in [0.1, 0.15) is 0 Å². The monoisotopic (exact) mass is 356 g/mol. The number of methoxy groups -OCH3 is 2. The van der Waals surface area contributed by atoms with Crippen LogP contribution in [0.3, 0.4) is 0 Å². The summed E-state index contributed by atoms with van der Waals surface area (Å²) in [7, 11) is 3.09. The quantitative estimate of drug-likeness (QED) is 0.746. The van der Waals surface area contributed by atoms with Crippen molar-refractivity contribution in [3.05, 3.63) is 53.6 Å². The Morgan fingerprint density at radius 1 is 1.12 bits per heavy atom. The molecule has 5 nitrogen and oxygen atoms in total. The fourth-order valence-electron chi connectivity index (χ4n) is 2.54. The van der Waals surface area contributed by atoms with Crippen molar-refractivity contribution in [3.8, 4) is 17.0 Å². The Kier molecular flexibility index (Phi) is 5.16. The van der Waals surface area contributed by atoms with Crippen molar-refractivity contribution < 1.29 is 14.3 Å². The molecule has 1 amide bonds. The van der Waals surface area contributed by atoms with E-state index in [-0.39, 0.29) is 12.5 Å². The summed E-state index contributed by atoms with van der Waals surface area (Å²) in [5, 5.41) is 4.27. The van der Waals surface area contributed by atoms with Gasteiger partial charge in [-0.15, -0.1) is 0 Å². The molecular weight excluding hydrogens is 340 g/mol. The molecule has 25 heavy (non-hydrogen) atoms. The summed E-state index contributed by atoms with van der Waals surface area (Å²) < 4.78 is 10.3. The summed E-state index contributed by atoms with van der Waals surface area (Å²) in [6.45, 7) is 0.00290. The molecular formula is C19H17ClN2O3. The summed E-state index contributed by atoms with van der Waals surface area (Å²) in [4.78, 5) is 16.4. The number of carbonyl (C=O) groups excluding carboxylic acids is 1. The van der Waals surface area contributed by atoms with Crippen molar-refractivity contribution in [3.63, 3.8) is 0 Å². The van der Waals surface area contributed by atoms with Crippen LogP contribution in [0, 0.1) is 0 Å². The van der Waals surface area contributed by atoms with Crippen LogP contribution in [0.15, 0.2) is 48.5 Å². The number of pyridine rings is 1.